The summed E-state index contributed by atoms with van der Waals surface area (Å²) in [6.07, 6.45) is 2.26. The van der Waals surface area contributed by atoms with Crippen molar-refractivity contribution in [3.63, 3.8) is 0 Å². The lowest BCUT2D eigenvalue weighted by Crippen LogP contribution is -2.29. The Labute approximate surface area is 146 Å². The Bertz CT molecular complexity index is 850. The molecule has 1 N–H and O–H groups in total. The van der Waals surface area contributed by atoms with Crippen molar-refractivity contribution in [3.8, 4) is 11.3 Å². The van der Waals surface area contributed by atoms with Crippen LogP contribution < -0.4 is 5.32 Å². The van der Waals surface area contributed by atoms with Crippen LogP contribution in [0, 0.1) is 17.6 Å². The number of amides is 2. The molecule has 1 aromatic carbocycles. The summed E-state index contributed by atoms with van der Waals surface area (Å²) in [6.45, 7) is 0.455. The van der Waals surface area contributed by atoms with Gasteiger partial charge in [0.1, 0.15) is 0 Å². The van der Waals surface area contributed by atoms with Gasteiger partial charge in [-0.3, -0.25) is 9.59 Å². The number of halogens is 2. The van der Waals surface area contributed by atoms with Gasteiger partial charge in [-0.05, 0) is 31.0 Å². The third-order valence-electron chi connectivity index (χ3n) is 4.47. The molecule has 2 aliphatic rings. The first-order valence-electron chi connectivity index (χ1n) is 8.02. The molecule has 0 radical (unpaired) electrons. The number of benzene rings is 1. The van der Waals surface area contributed by atoms with E-state index in [-0.39, 0.29) is 24.2 Å². The average Bonchev–Trinajstić information content (AvgIpc) is 3.19. The number of carbonyl (C=O) groups excluding carboxylic acids is 2. The highest BCUT2D eigenvalue weighted by molar-refractivity contribution is 7.14. The van der Waals surface area contributed by atoms with E-state index in [2.05, 4.69) is 10.3 Å². The van der Waals surface area contributed by atoms with Crippen LogP contribution in [-0.2, 0) is 9.59 Å². The molecule has 2 aromatic rings. The maximum atomic E-state index is 13.3. The second-order valence-electron chi connectivity index (χ2n) is 6.33. The fourth-order valence-electron chi connectivity index (χ4n) is 2.97. The van der Waals surface area contributed by atoms with E-state index in [1.54, 1.807) is 10.3 Å². The Morgan fingerprint density at radius 3 is 2.80 bits per heavy atom. The van der Waals surface area contributed by atoms with Crippen LogP contribution in [0.2, 0.25) is 0 Å². The van der Waals surface area contributed by atoms with Crippen LogP contribution in [-0.4, -0.2) is 34.3 Å². The van der Waals surface area contributed by atoms with Gasteiger partial charge < -0.3 is 10.2 Å². The SMILES string of the molecule is O=C(Nc1nc(-c2ccc(F)c(F)c2)cs1)[C@H]1CC(=O)N(C2CC2)C1. The monoisotopic (exact) mass is 363 g/mol. The standard InChI is InChI=1S/C17H15F2N3O2S/c18-12-4-1-9(5-13(12)19)14-8-25-17(20-14)21-16(24)10-6-15(23)22(7-10)11-2-3-11/h1,4-5,8,10-11H,2-3,6-7H2,(H,20,21,24)/t10-/m0/s1. The van der Waals surface area contributed by atoms with Gasteiger partial charge in [-0.25, -0.2) is 13.8 Å². The molecule has 1 aliphatic heterocycles. The van der Waals surface area contributed by atoms with E-state index in [4.69, 9.17) is 0 Å². The summed E-state index contributed by atoms with van der Waals surface area (Å²) >= 11 is 1.20. The number of hydrogen-bond acceptors (Lipinski definition) is 4. The molecule has 1 aromatic heterocycles. The van der Waals surface area contributed by atoms with Crippen molar-refractivity contribution >= 4 is 28.3 Å². The first-order valence-corrected chi connectivity index (χ1v) is 8.90. The second kappa shape index (κ2) is 6.18. The fourth-order valence-corrected chi connectivity index (χ4v) is 3.70. The molecule has 1 aliphatic carbocycles. The largest absolute Gasteiger partial charge is 0.339 e. The summed E-state index contributed by atoms with van der Waals surface area (Å²) in [5.74, 6) is -2.44. The topological polar surface area (TPSA) is 62.3 Å². The molecule has 0 bridgehead atoms. The number of thiazole rings is 1. The van der Waals surface area contributed by atoms with Crippen LogP contribution in [0.1, 0.15) is 19.3 Å². The Balaban J connectivity index is 1.43. The molecular formula is C17H15F2N3O2S. The minimum atomic E-state index is -0.944. The number of anilines is 1. The molecule has 2 amide bonds. The maximum absolute atomic E-state index is 13.3. The van der Waals surface area contributed by atoms with Crippen LogP contribution in [0.25, 0.3) is 11.3 Å². The minimum Gasteiger partial charge on any atom is -0.339 e. The van der Waals surface area contributed by atoms with Crippen LogP contribution in [0.5, 0.6) is 0 Å². The number of rotatable bonds is 4. The van der Waals surface area contributed by atoms with Gasteiger partial charge in [-0.15, -0.1) is 11.3 Å². The lowest BCUT2D eigenvalue weighted by Gasteiger charge is -2.14. The highest BCUT2D eigenvalue weighted by atomic mass is 32.1. The first-order chi connectivity index (χ1) is 12.0. The summed E-state index contributed by atoms with van der Waals surface area (Å²) in [6, 6.07) is 3.85. The van der Waals surface area contributed by atoms with E-state index in [1.807, 2.05) is 0 Å². The zero-order valence-electron chi connectivity index (χ0n) is 13.2. The van der Waals surface area contributed by atoms with Crippen LogP contribution >= 0.6 is 11.3 Å². The lowest BCUT2D eigenvalue weighted by molar-refractivity contribution is -0.128. The van der Waals surface area contributed by atoms with Crippen LogP contribution in [0.3, 0.4) is 0 Å². The number of nitrogens with one attached hydrogen (secondary N) is 1. The van der Waals surface area contributed by atoms with E-state index < -0.39 is 11.6 Å². The van der Waals surface area contributed by atoms with Gasteiger partial charge in [0, 0.05) is 30.0 Å². The van der Waals surface area contributed by atoms with Gasteiger partial charge in [0.15, 0.2) is 16.8 Å². The zero-order chi connectivity index (χ0) is 17.6. The van der Waals surface area contributed by atoms with Gasteiger partial charge in [0.2, 0.25) is 11.8 Å². The summed E-state index contributed by atoms with van der Waals surface area (Å²) in [5, 5.41) is 4.76. The third kappa shape index (κ3) is 3.26. The second-order valence-corrected chi connectivity index (χ2v) is 7.19. The van der Waals surface area contributed by atoms with Gasteiger partial charge in [-0.2, -0.15) is 0 Å². The van der Waals surface area contributed by atoms with E-state index >= 15 is 0 Å². The smallest absolute Gasteiger partial charge is 0.231 e. The summed E-state index contributed by atoms with van der Waals surface area (Å²) < 4.78 is 26.3. The highest BCUT2D eigenvalue weighted by Crippen LogP contribution is 2.33. The van der Waals surface area contributed by atoms with Gasteiger partial charge >= 0.3 is 0 Å². The van der Waals surface area contributed by atoms with E-state index in [0.717, 1.165) is 25.0 Å². The van der Waals surface area contributed by atoms with Crippen molar-refractivity contribution in [2.24, 2.45) is 5.92 Å². The number of carbonyl (C=O) groups is 2. The van der Waals surface area contributed by atoms with E-state index in [9.17, 15) is 18.4 Å². The van der Waals surface area contributed by atoms with Gasteiger partial charge in [0.25, 0.3) is 0 Å². The predicted molar refractivity (Wildman–Crippen MR) is 88.9 cm³/mol. The molecule has 5 nitrogen and oxygen atoms in total. The fraction of sp³-hybridized carbons (Fsp3) is 0.353. The molecule has 2 heterocycles. The van der Waals surface area contributed by atoms with Crippen molar-refractivity contribution in [1.82, 2.24) is 9.88 Å². The molecule has 2 fully saturated rings. The van der Waals surface area contributed by atoms with Crippen molar-refractivity contribution < 1.29 is 18.4 Å². The predicted octanol–water partition coefficient (Wildman–Crippen LogP) is 3.04. The molecule has 1 atom stereocenters. The lowest BCUT2D eigenvalue weighted by atomic mass is 10.1. The van der Waals surface area contributed by atoms with Crippen molar-refractivity contribution in [2.75, 3.05) is 11.9 Å². The zero-order valence-corrected chi connectivity index (χ0v) is 14.0. The van der Waals surface area contributed by atoms with Gasteiger partial charge in [-0.1, -0.05) is 0 Å². The van der Waals surface area contributed by atoms with Gasteiger partial charge in [0.05, 0.1) is 11.6 Å². The highest BCUT2D eigenvalue weighted by Gasteiger charge is 2.41. The molecule has 4 rings (SSSR count). The van der Waals surface area contributed by atoms with E-state index in [0.29, 0.717) is 29.0 Å². The Morgan fingerprint density at radius 1 is 1.28 bits per heavy atom. The first kappa shape index (κ1) is 16.1. The molecule has 130 valence electrons. The number of aromatic nitrogens is 1. The summed E-state index contributed by atoms with van der Waals surface area (Å²) in [5.41, 5.74) is 0.896. The Hall–Kier alpha value is -2.35. The van der Waals surface area contributed by atoms with Crippen molar-refractivity contribution in [2.45, 2.75) is 25.3 Å². The summed E-state index contributed by atoms with van der Waals surface area (Å²) in [4.78, 5) is 30.3. The maximum Gasteiger partial charge on any atom is 0.231 e. The quantitative estimate of drug-likeness (QED) is 0.908. The molecule has 0 unspecified atom stereocenters. The normalized spacial score (nSPS) is 20.2. The Morgan fingerprint density at radius 2 is 2.08 bits per heavy atom. The van der Waals surface area contributed by atoms with Crippen LogP contribution in [0.4, 0.5) is 13.9 Å². The van der Waals surface area contributed by atoms with Crippen LogP contribution in [0.15, 0.2) is 23.6 Å². The number of likely N-dealkylation sites (tertiary alicyclic amines) is 1. The van der Waals surface area contributed by atoms with Crippen molar-refractivity contribution in [3.05, 3.63) is 35.2 Å². The molecule has 0 spiro atoms. The number of nitrogens with zero attached hydrogens (tertiary/aromatic N) is 2. The third-order valence-corrected chi connectivity index (χ3v) is 5.22. The average molecular weight is 363 g/mol. The molecule has 1 saturated heterocycles. The Kier molecular flexibility index (Phi) is 3.99. The minimum absolute atomic E-state index is 0.0317. The summed E-state index contributed by atoms with van der Waals surface area (Å²) in [7, 11) is 0. The molecule has 8 heteroatoms. The molecule has 25 heavy (non-hydrogen) atoms. The molecular weight excluding hydrogens is 348 g/mol. The number of hydrogen-bond donors (Lipinski definition) is 1. The van der Waals surface area contributed by atoms with E-state index in [1.165, 1.54) is 17.4 Å². The molecule has 1 saturated carbocycles. The van der Waals surface area contributed by atoms with Crippen molar-refractivity contribution in [1.29, 1.82) is 0 Å².